The third-order valence-electron chi connectivity index (χ3n) is 3.41. The van der Waals surface area contributed by atoms with Crippen molar-refractivity contribution in [1.82, 2.24) is 10.3 Å². The van der Waals surface area contributed by atoms with Gasteiger partial charge in [-0.15, -0.1) is 0 Å². The highest BCUT2D eigenvalue weighted by atomic mass is 32.1. The first-order chi connectivity index (χ1) is 9.95. The molecular formula is C17H21N3S. The lowest BCUT2D eigenvalue weighted by Gasteiger charge is -2.19. The third-order valence-corrected chi connectivity index (χ3v) is 3.63. The fourth-order valence-electron chi connectivity index (χ4n) is 2.26. The molecule has 0 aliphatic heterocycles. The van der Waals surface area contributed by atoms with Crippen molar-refractivity contribution < 1.29 is 0 Å². The molecule has 2 aromatic rings. The third kappa shape index (κ3) is 4.26. The van der Waals surface area contributed by atoms with Crippen LogP contribution in [0.15, 0.2) is 36.5 Å². The van der Waals surface area contributed by atoms with Gasteiger partial charge in [0.25, 0.3) is 0 Å². The second-order valence-corrected chi connectivity index (χ2v) is 5.81. The lowest BCUT2D eigenvalue weighted by atomic mass is 10.0. The first-order valence-electron chi connectivity index (χ1n) is 7.03. The number of pyridine rings is 1. The van der Waals surface area contributed by atoms with Crippen molar-refractivity contribution in [3.63, 3.8) is 0 Å². The fourth-order valence-corrected chi connectivity index (χ4v) is 2.54. The summed E-state index contributed by atoms with van der Waals surface area (Å²) >= 11 is 5.37. The summed E-state index contributed by atoms with van der Waals surface area (Å²) in [7, 11) is 0. The normalized spacial score (nSPS) is 11.8. The average molecular weight is 299 g/mol. The Morgan fingerprint density at radius 2 is 1.81 bits per heavy atom. The van der Waals surface area contributed by atoms with Gasteiger partial charge in [-0.2, -0.15) is 0 Å². The molecule has 1 atom stereocenters. The van der Waals surface area contributed by atoms with E-state index in [1.54, 1.807) is 6.20 Å². The predicted octanol–water partition coefficient (Wildman–Crippen LogP) is 4.05. The molecule has 3 nitrogen and oxygen atoms in total. The van der Waals surface area contributed by atoms with Gasteiger partial charge < -0.3 is 10.6 Å². The number of hydrogen-bond donors (Lipinski definition) is 2. The van der Waals surface area contributed by atoms with Gasteiger partial charge in [-0.3, -0.25) is 0 Å². The predicted molar refractivity (Wildman–Crippen MR) is 92.7 cm³/mol. The molecular weight excluding hydrogens is 278 g/mol. The van der Waals surface area contributed by atoms with Crippen molar-refractivity contribution in [3.8, 4) is 0 Å². The Kier molecular flexibility index (Phi) is 4.91. The lowest BCUT2D eigenvalue weighted by Crippen LogP contribution is -2.31. The Morgan fingerprint density at radius 1 is 1.10 bits per heavy atom. The summed E-state index contributed by atoms with van der Waals surface area (Å²) < 4.78 is 0. The zero-order chi connectivity index (χ0) is 15.4. The molecule has 1 heterocycles. The van der Waals surface area contributed by atoms with E-state index in [9.17, 15) is 0 Å². The van der Waals surface area contributed by atoms with Crippen LogP contribution in [0.25, 0.3) is 0 Å². The van der Waals surface area contributed by atoms with E-state index in [0.29, 0.717) is 5.11 Å². The van der Waals surface area contributed by atoms with Gasteiger partial charge in [0, 0.05) is 6.20 Å². The number of rotatable bonds is 3. The minimum atomic E-state index is 0.148. The number of anilines is 1. The molecule has 2 rings (SSSR count). The minimum Gasteiger partial charge on any atom is -0.356 e. The van der Waals surface area contributed by atoms with Crippen LogP contribution in [0, 0.1) is 20.8 Å². The molecule has 0 aliphatic carbocycles. The second-order valence-electron chi connectivity index (χ2n) is 5.40. The lowest BCUT2D eigenvalue weighted by molar-refractivity contribution is 0.716. The van der Waals surface area contributed by atoms with Crippen molar-refractivity contribution in [1.29, 1.82) is 0 Å². The highest BCUT2D eigenvalue weighted by molar-refractivity contribution is 7.80. The number of nitrogens with one attached hydrogen (secondary N) is 2. The number of hydrogen-bond acceptors (Lipinski definition) is 2. The first-order valence-corrected chi connectivity index (χ1v) is 7.44. The largest absolute Gasteiger partial charge is 0.356 e. The summed E-state index contributed by atoms with van der Waals surface area (Å²) in [6.07, 6.45) is 1.77. The number of thiocarbonyl (C=S) groups is 1. The van der Waals surface area contributed by atoms with Gasteiger partial charge in [-0.05, 0) is 68.7 Å². The fraction of sp³-hybridized carbons (Fsp3) is 0.294. The minimum absolute atomic E-state index is 0.148. The van der Waals surface area contributed by atoms with Crippen LogP contribution < -0.4 is 10.6 Å². The molecule has 0 saturated heterocycles. The van der Waals surface area contributed by atoms with Gasteiger partial charge in [-0.25, -0.2) is 4.98 Å². The van der Waals surface area contributed by atoms with E-state index in [1.807, 2.05) is 19.1 Å². The Morgan fingerprint density at radius 3 is 2.52 bits per heavy atom. The Labute approximate surface area is 131 Å². The number of aromatic nitrogens is 1. The molecule has 21 heavy (non-hydrogen) atoms. The molecule has 2 N–H and O–H groups in total. The summed E-state index contributed by atoms with van der Waals surface area (Å²) in [4.78, 5) is 4.25. The summed E-state index contributed by atoms with van der Waals surface area (Å²) in [6.45, 7) is 8.36. The maximum absolute atomic E-state index is 5.37. The maximum Gasteiger partial charge on any atom is 0.172 e. The van der Waals surface area contributed by atoms with Crippen LogP contribution in [-0.2, 0) is 0 Å². The van der Waals surface area contributed by atoms with Crippen LogP contribution >= 0.6 is 12.2 Å². The van der Waals surface area contributed by atoms with E-state index in [2.05, 4.69) is 54.6 Å². The van der Waals surface area contributed by atoms with Crippen LogP contribution in [0.1, 0.15) is 35.2 Å². The van der Waals surface area contributed by atoms with E-state index >= 15 is 0 Å². The van der Waals surface area contributed by atoms with Gasteiger partial charge in [0.2, 0.25) is 0 Å². The highest BCUT2D eigenvalue weighted by Gasteiger charge is 2.10. The molecule has 0 bridgehead atoms. The number of nitrogens with zero attached hydrogens (tertiary/aromatic N) is 1. The maximum atomic E-state index is 5.37. The van der Waals surface area contributed by atoms with Crippen LogP contribution in [0.5, 0.6) is 0 Å². The van der Waals surface area contributed by atoms with Crippen LogP contribution in [0.3, 0.4) is 0 Å². The summed E-state index contributed by atoms with van der Waals surface area (Å²) in [5, 5.41) is 7.02. The average Bonchev–Trinajstić information content (AvgIpc) is 2.41. The van der Waals surface area contributed by atoms with Gasteiger partial charge in [0.15, 0.2) is 5.11 Å². The summed E-state index contributed by atoms with van der Waals surface area (Å²) in [5.74, 6) is 0.765. The molecule has 0 amide bonds. The zero-order valence-electron chi connectivity index (χ0n) is 12.9. The van der Waals surface area contributed by atoms with Gasteiger partial charge >= 0.3 is 0 Å². The second kappa shape index (κ2) is 6.68. The van der Waals surface area contributed by atoms with Crippen molar-refractivity contribution in [2.75, 3.05) is 5.32 Å². The van der Waals surface area contributed by atoms with E-state index in [-0.39, 0.29) is 6.04 Å². The van der Waals surface area contributed by atoms with Crippen molar-refractivity contribution in [2.24, 2.45) is 0 Å². The molecule has 4 heteroatoms. The highest BCUT2D eigenvalue weighted by Crippen LogP contribution is 2.19. The van der Waals surface area contributed by atoms with Crippen LogP contribution in [0.4, 0.5) is 5.82 Å². The molecule has 1 aromatic heterocycles. The molecule has 0 spiro atoms. The van der Waals surface area contributed by atoms with Crippen molar-refractivity contribution in [2.45, 2.75) is 33.7 Å². The standard InChI is InChI=1S/C17H21N3S/c1-11-5-6-13(3)15(9-11)14(4)19-17(21)20-16-10-12(2)7-8-18-16/h5-10,14H,1-4H3,(H2,18,19,20,21). The van der Waals surface area contributed by atoms with Crippen LogP contribution in [0.2, 0.25) is 0 Å². The molecule has 0 fully saturated rings. The molecule has 110 valence electrons. The zero-order valence-corrected chi connectivity index (χ0v) is 13.7. The molecule has 1 aromatic carbocycles. The Bertz CT molecular complexity index is 652. The van der Waals surface area contributed by atoms with Gasteiger partial charge in [0.1, 0.15) is 5.82 Å². The van der Waals surface area contributed by atoms with Gasteiger partial charge in [-0.1, -0.05) is 23.8 Å². The SMILES string of the molecule is Cc1ccnc(NC(=S)NC(C)c2cc(C)ccc2C)c1. The Hall–Kier alpha value is -1.94. The molecule has 0 radical (unpaired) electrons. The van der Waals surface area contributed by atoms with Crippen molar-refractivity contribution in [3.05, 3.63) is 58.8 Å². The molecule has 0 aliphatic rings. The molecule has 1 unspecified atom stereocenters. The van der Waals surface area contributed by atoms with Gasteiger partial charge in [0.05, 0.1) is 6.04 Å². The summed E-state index contributed by atoms with van der Waals surface area (Å²) in [6, 6.07) is 10.5. The van der Waals surface area contributed by atoms with E-state index in [1.165, 1.54) is 16.7 Å². The number of benzene rings is 1. The smallest absolute Gasteiger partial charge is 0.172 e. The number of aryl methyl sites for hydroxylation is 3. The van der Waals surface area contributed by atoms with E-state index in [0.717, 1.165) is 11.4 Å². The summed E-state index contributed by atoms with van der Waals surface area (Å²) in [5.41, 5.74) is 4.93. The first kappa shape index (κ1) is 15.4. The molecule has 0 saturated carbocycles. The Balaban J connectivity index is 2.03. The topological polar surface area (TPSA) is 37.0 Å². The monoisotopic (exact) mass is 299 g/mol. The van der Waals surface area contributed by atoms with Crippen LogP contribution in [-0.4, -0.2) is 10.1 Å². The van der Waals surface area contributed by atoms with Crippen molar-refractivity contribution >= 4 is 23.1 Å². The van der Waals surface area contributed by atoms with E-state index < -0.39 is 0 Å². The quantitative estimate of drug-likeness (QED) is 0.838. The van der Waals surface area contributed by atoms with E-state index in [4.69, 9.17) is 12.2 Å².